The molecule has 0 saturated carbocycles. The van der Waals surface area contributed by atoms with Gasteiger partial charge in [0.05, 0.1) is 19.8 Å². The molecule has 0 aliphatic carbocycles. The van der Waals surface area contributed by atoms with Gasteiger partial charge in [0.1, 0.15) is 73.2 Å². The number of ether oxygens (including phenoxy) is 5. The summed E-state index contributed by atoms with van der Waals surface area (Å²) < 4.78 is 26.4. The average molecular weight is 504 g/mol. The van der Waals surface area contributed by atoms with Crippen LogP contribution in [0.25, 0.3) is 0 Å². The molecule has 3 rings (SSSR count). The maximum absolute atomic E-state index is 10.6. The van der Waals surface area contributed by atoms with Crippen LogP contribution in [0.3, 0.4) is 0 Å². The summed E-state index contributed by atoms with van der Waals surface area (Å²) in [5, 5.41) is 109. The number of aliphatic hydroxyl groups is 11. The zero-order chi connectivity index (χ0) is 25.3. The van der Waals surface area contributed by atoms with Crippen molar-refractivity contribution >= 4 is 0 Å². The number of hydrogen-bond donors (Lipinski definition) is 11. The Morgan fingerprint density at radius 3 is 1.68 bits per heavy atom. The standard InChI is InChI=1S/C18H32O16/c19-1-4(22)13-15(12(28)16(29)32-13)34-18-11(27)9(25)14(6(3-21)31-18)33-17-10(26)8(24)7(23)5(2-20)30-17/h4-29H,1-3H2/t4-,5-,6-,7+,8+,9-,10-,11-,12-,13+,14+,15-,16?,17-,18-/m1/s1. The lowest BCUT2D eigenvalue weighted by atomic mass is 9.97. The Morgan fingerprint density at radius 1 is 0.588 bits per heavy atom. The molecule has 11 N–H and O–H groups in total. The van der Waals surface area contributed by atoms with Crippen molar-refractivity contribution in [2.75, 3.05) is 19.8 Å². The van der Waals surface area contributed by atoms with Gasteiger partial charge in [-0.2, -0.15) is 0 Å². The summed E-state index contributed by atoms with van der Waals surface area (Å²) in [6.07, 6.45) is -24.9. The third kappa shape index (κ3) is 5.37. The molecule has 0 spiro atoms. The molecule has 1 unspecified atom stereocenters. The average Bonchev–Trinajstić information content (AvgIpc) is 3.11. The summed E-state index contributed by atoms with van der Waals surface area (Å²) in [4.78, 5) is 0. The normalized spacial score (nSPS) is 50.9. The second kappa shape index (κ2) is 11.6. The van der Waals surface area contributed by atoms with Crippen LogP contribution in [-0.4, -0.2) is 168 Å². The van der Waals surface area contributed by atoms with Gasteiger partial charge < -0.3 is 79.9 Å². The van der Waals surface area contributed by atoms with Crippen molar-refractivity contribution in [3.05, 3.63) is 0 Å². The van der Waals surface area contributed by atoms with E-state index < -0.39 is 112 Å². The highest BCUT2D eigenvalue weighted by molar-refractivity contribution is 4.96. The molecule has 15 atom stereocenters. The Bertz CT molecular complexity index is 637. The van der Waals surface area contributed by atoms with Gasteiger partial charge in [-0.15, -0.1) is 0 Å². The molecule has 0 bridgehead atoms. The zero-order valence-electron chi connectivity index (χ0n) is 17.7. The van der Waals surface area contributed by atoms with Gasteiger partial charge in [0, 0.05) is 0 Å². The summed E-state index contributed by atoms with van der Waals surface area (Å²) in [6, 6.07) is 0. The largest absolute Gasteiger partial charge is 0.394 e. The van der Waals surface area contributed by atoms with E-state index >= 15 is 0 Å². The Hall–Kier alpha value is -0.640. The van der Waals surface area contributed by atoms with Crippen molar-refractivity contribution in [3.8, 4) is 0 Å². The summed E-state index contributed by atoms with van der Waals surface area (Å²) >= 11 is 0. The molecule has 3 heterocycles. The van der Waals surface area contributed by atoms with Crippen LogP contribution in [0.15, 0.2) is 0 Å². The predicted octanol–water partition coefficient (Wildman–Crippen LogP) is -7.57. The van der Waals surface area contributed by atoms with E-state index in [9.17, 15) is 51.1 Å². The van der Waals surface area contributed by atoms with Crippen LogP contribution in [0.5, 0.6) is 0 Å². The van der Waals surface area contributed by atoms with Crippen LogP contribution in [0, 0.1) is 0 Å². The smallest absolute Gasteiger partial charge is 0.187 e. The molecule has 3 aliphatic rings. The van der Waals surface area contributed by atoms with Crippen LogP contribution in [0.1, 0.15) is 0 Å². The molecule has 3 saturated heterocycles. The minimum absolute atomic E-state index is 0.741. The quantitative estimate of drug-likeness (QED) is 0.146. The molecule has 0 amide bonds. The fourth-order valence-electron chi connectivity index (χ4n) is 4.07. The maximum atomic E-state index is 10.6. The van der Waals surface area contributed by atoms with E-state index in [0.717, 1.165) is 0 Å². The Morgan fingerprint density at radius 2 is 1.12 bits per heavy atom. The van der Waals surface area contributed by atoms with Crippen LogP contribution in [0.2, 0.25) is 0 Å². The van der Waals surface area contributed by atoms with Crippen molar-refractivity contribution < 1.29 is 79.9 Å². The topological polar surface area (TPSA) is 269 Å². The second-order valence-corrected chi connectivity index (χ2v) is 8.34. The van der Waals surface area contributed by atoms with Crippen molar-refractivity contribution in [3.63, 3.8) is 0 Å². The lowest BCUT2D eigenvalue weighted by Crippen LogP contribution is -2.65. The van der Waals surface area contributed by atoms with Crippen molar-refractivity contribution in [1.82, 2.24) is 0 Å². The van der Waals surface area contributed by atoms with Gasteiger partial charge in [-0.3, -0.25) is 0 Å². The lowest BCUT2D eigenvalue weighted by Gasteiger charge is -2.46. The van der Waals surface area contributed by atoms with Gasteiger partial charge in [-0.05, 0) is 0 Å². The SMILES string of the molecule is OC[C@@H](O)[C@@H]1OC(O)[C@H](O)[C@H]1O[C@H]1O[C@H](CO)[C@H](O[C@H]2O[C@H](CO)[C@H](O)[C@H](O)[C@H]2O)[C@H](O)[C@H]1O. The maximum Gasteiger partial charge on any atom is 0.187 e. The van der Waals surface area contributed by atoms with Gasteiger partial charge in [0.25, 0.3) is 0 Å². The first kappa shape index (κ1) is 27.9. The Kier molecular flexibility index (Phi) is 9.54. The van der Waals surface area contributed by atoms with Crippen molar-refractivity contribution in [2.45, 2.75) is 92.1 Å². The second-order valence-electron chi connectivity index (χ2n) is 8.34. The van der Waals surface area contributed by atoms with Gasteiger partial charge in [0.2, 0.25) is 0 Å². The Balaban J connectivity index is 1.72. The van der Waals surface area contributed by atoms with E-state index in [1.807, 2.05) is 0 Å². The highest BCUT2D eigenvalue weighted by Gasteiger charge is 2.54. The molecule has 3 fully saturated rings. The minimum Gasteiger partial charge on any atom is -0.394 e. The first-order valence-electron chi connectivity index (χ1n) is 10.6. The van der Waals surface area contributed by atoms with Gasteiger partial charge in [0.15, 0.2) is 18.9 Å². The third-order valence-corrected chi connectivity index (χ3v) is 6.07. The molecule has 3 aliphatic heterocycles. The lowest BCUT2D eigenvalue weighted by molar-refractivity contribution is -0.365. The molecule has 200 valence electrons. The van der Waals surface area contributed by atoms with Crippen LogP contribution >= 0.6 is 0 Å². The first-order chi connectivity index (χ1) is 16.0. The summed E-state index contributed by atoms with van der Waals surface area (Å²) in [5.41, 5.74) is 0. The molecular formula is C18H32O16. The van der Waals surface area contributed by atoms with Crippen molar-refractivity contribution in [2.24, 2.45) is 0 Å². The summed E-state index contributed by atoms with van der Waals surface area (Å²) in [7, 11) is 0. The van der Waals surface area contributed by atoms with Crippen LogP contribution in [0.4, 0.5) is 0 Å². The minimum atomic E-state index is -1.91. The number of aliphatic hydroxyl groups excluding tert-OH is 11. The highest BCUT2D eigenvalue weighted by atomic mass is 16.8. The van der Waals surface area contributed by atoms with E-state index in [2.05, 4.69) is 0 Å². The third-order valence-electron chi connectivity index (χ3n) is 6.07. The fraction of sp³-hybridized carbons (Fsp3) is 1.00. The number of hydrogen-bond acceptors (Lipinski definition) is 16. The molecule has 0 aromatic heterocycles. The predicted molar refractivity (Wildman–Crippen MR) is 101 cm³/mol. The van der Waals surface area contributed by atoms with E-state index in [1.165, 1.54) is 0 Å². The molecule has 0 aromatic rings. The van der Waals surface area contributed by atoms with Gasteiger partial charge in [-0.25, -0.2) is 0 Å². The van der Waals surface area contributed by atoms with E-state index in [4.69, 9.17) is 28.8 Å². The Labute approximate surface area is 192 Å². The molecule has 0 radical (unpaired) electrons. The van der Waals surface area contributed by atoms with E-state index in [-0.39, 0.29) is 0 Å². The first-order valence-corrected chi connectivity index (χ1v) is 10.6. The van der Waals surface area contributed by atoms with Crippen molar-refractivity contribution in [1.29, 1.82) is 0 Å². The highest BCUT2D eigenvalue weighted by Crippen LogP contribution is 2.32. The summed E-state index contributed by atoms with van der Waals surface area (Å²) in [5.74, 6) is 0. The van der Waals surface area contributed by atoms with E-state index in [0.29, 0.717) is 0 Å². The zero-order valence-corrected chi connectivity index (χ0v) is 17.7. The van der Waals surface area contributed by atoms with Crippen LogP contribution in [-0.2, 0) is 23.7 Å². The molecule has 16 nitrogen and oxygen atoms in total. The molecule has 34 heavy (non-hydrogen) atoms. The molecule has 0 aromatic carbocycles. The molecular weight excluding hydrogens is 472 g/mol. The van der Waals surface area contributed by atoms with Gasteiger partial charge >= 0.3 is 0 Å². The van der Waals surface area contributed by atoms with Gasteiger partial charge in [-0.1, -0.05) is 0 Å². The number of rotatable bonds is 8. The summed E-state index contributed by atoms with van der Waals surface area (Å²) in [6.45, 7) is -2.37. The fourth-order valence-corrected chi connectivity index (χ4v) is 4.07. The van der Waals surface area contributed by atoms with Crippen LogP contribution < -0.4 is 0 Å². The monoisotopic (exact) mass is 504 g/mol. The molecule has 16 heteroatoms. The van der Waals surface area contributed by atoms with E-state index in [1.54, 1.807) is 0 Å².